The lowest BCUT2D eigenvalue weighted by Crippen LogP contribution is -2.50. The minimum atomic E-state index is -0.582. The maximum Gasteiger partial charge on any atom is 0.242 e. The van der Waals surface area contributed by atoms with Gasteiger partial charge in [-0.25, -0.2) is 4.39 Å². The Labute approximate surface area is 196 Å². The summed E-state index contributed by atoms with van der Waals surface area (Å²) in [6, 6.07) is 13.9. The summed E-state index contributed by atoms with van der Waals surface area (Å²) in [6.07, 6.45) is 4.26. The largest absolute Gasteiger partial charge is 0.352 e. The van der Waals surface area contributed by atoms with Crippen molar-refractivity contribution in [2.24, 2.45) is 0 Å². The summed E-state index contributed by atoms with van der Waals surface area (Å²) in [5.74, 6) is 0.0809. The molecule has 3 rings (SSSR count). The van der Waals surface area contributed by atoms with Crippen LogP contribution in [0.2, 0.25) is 0 Å². The Bertz CT molecular complexity index is 905. The third kappa shape index (κ3) is 7.07. The minimum absolute atomic E-state index is 0.116. The van der Waals surface area contributed by atoms with Crippen molar-refractivity contribution in [3.05, 3.63) is 69.9 Å². The van der Waals surface area contributed by atoms with Crippen LogP contribution in [0.5, 0.6) is 0 Å². The molecule has 1 aliphatic carbocycles. The van der Waals surface area contributed by atoms with Gasteiger partial charge in [0.25, 0.3) is 0 Å². The van der Waals surface area contributed by atoms with Gasteiger partial charge >= 0.3 is 0 Å². The van der Waals surface area contributed by atoms with Crippen molar-refractivity contribution in [2.75, 3.05) is 5.75 Å². The van der Waals surface area contributed by atoms with Crippen LogP contribution in [-0.2, 0) is 21.9 Å². The summed E-state index contributed by atoms with van der Waals surface area (Å²) in [5.41, 5.74) is 1.52. The summed E-state index contributed by atoms with van der Waals surface area (Å²) in [6.45, 7) is 2.12. The molecule has 2 amide bonds. The van der Waals surface area contributed by atoms with Crippen LogP contribution in [-0.4, -0.2) is 34.6 Å². The number of carbonyl (C=O) groups is 2. The SMILES string of the molecule is CC(C(=O)NC1CCCC1)N(Cc1cccc(Br)c1)C(=O)CSCc1ccccc1F. The molecule has 0 radical (unpaired) electrons. The molecule has 7 heteroatoms. The molecule has 1 aliphatic rings. The smallest absolute Gasteiger partial charge is 0.242 e. The first-order valence-corrected chi connectivity index (χ1v) is 12.5. The maximum atomic E-state index is 13.9. The zero-order valence-electron chi connectivity index (χ0n) is 17.7. The molecule has 1 atom stereocenters. The quantitative estimate of drug-likeness (QED) is 0.502. The molecule has 4 nitrogen and oxygen atoms in total. The highest BCUT2D eigenvalue weighted by atomic mass is 79.9. The van der Waals surface area contributed by atoms with E-state index in [4.69, 9.17) is 0 Å². The highest BCUT2D eigenvalue weighted by molar-refractivity contribution is 9.10. The monoisotopic (exact) mass is 506 g/mol. The van der Waals surface area contributed by atoms with Crippen LogP contribution in [0.1, 0.15) is 43.7 Å². The van der Waals surface area contributed by atoms with Gasteiger partial charge in [-0.3, -0.25) is 9.59 Å². The number of halogens is 2. The molecular weight excluding hydrogens is 479 g/mol. The van der Waals surface area contributed by atoms with Gasteiger partial charge in [0.05, 0.1) is 5.75 Å². The third-order valence-electron chi connectivity index (χ3n) is 5.55. The molecule has 0 heterocycles. The van der Waals surface area contributed by atoms with Crippen molar-refractivity contribution in [3.8, 4) is 0 Å². The Balaban J connectivity index is 1.66. The number of carbonyl (C=O) groups excluding carboxylic acids is 2. The van der Waals surface area contributed by atoms with Gasteiger partial charge in [0.1, 0.15) is 11.9 Å². The first kappa shape index (κ1) is 23.8. The minimum Gasteiger partial charge on any atom is -0.352 e. The first-order chi connectivity index (χ1) is 14.9. The molecule has 2 aromatic rings. The van der Waals surface area contributed by atoms with Gasteiger partial charge in [0, 0.05) is 22.8 Å². The van der Waals surface area contributed by atoms with Gasteiger partial charge < -0.3 is 10.2 Å². The molecule has 0 aromatic heterocycles. The van der Waals surface area contributed by atoms with E-state index in [0.717, 1.165) is 35.7 Å². The van der Waals surface area contributed by atoms with E-state index < -0.39 is 6.04 Å². The van der Waals surface area contributed by atoms with Crippen LogP contribution >= 0.6 is 27.7 Å². The molecule has 0 spiro atoms. The Kier molecular flexibility index (Phi) is 8.96. The van der Waals surface area contributed by atoms with Gasteiger partial charge in [0.15, 0.2) is 0 Å². The van der Waals surface area contributed by atoms with Crippen molar-refractivity contribution < 1.29 is 14.0 Å². The molecular formula is C24H28BrFN2O2S. The van der Waals surface area contributed by atoms with E-state index in [0.29, 0.717) is 17.9 Å². The summed E-state index contributed by atoms with van der Waals surface area (Å²) in [5, 5.41) is 3.10. The first-order valence-electron chi connectivity index (χ1n) is 10.6. The number of nitrogens with zero attached hydrogens (tertiary/aromatic N) is 1. The highest BCUT2D eigenvalue weighted by Gasteiger charge is 2.28. The molecule has 166 valence electrons. The molecule has 1 saturated carbocycles. The molecule has 1 N–H and O–H groups in total. The third-order valence-corrected chi connectivity index (χ3v) is 7.01. The second-order valence-corrected chi connectivity index (χ2v) is 9.80. The Morgan fingerprint density at radius 2 is 1.94 bits per heavy atom. The van der Waals surface area contributed by atoms with Crippen LogP contribution in [0, 0.1) is 5.82 Å². The summed E-state index contributed by atoms with van der Waals surface area (Å²) in [4.78, 5) is 27.6. The lowest BCUT2D eigenvalue weighted by Gasteiger charge is -2.29. The number of rotatable bonds is 9. The molecule has 31 heavy (non-hydrogen) atoms. The number of amides is 2. The summed E-state index contributed by atoms with van der Waals surface area (Å²) >= 11 is 4.83. The second kappa shape index (κ2) is 11.7. The van der Waals surface area contributed by atoms with Gasteiger partial charge in [-0.05, 0) is 49.1 Å². The second-order valence-electron chi connectivity index (χ2n) is 7.90. The zero-order valence-corrected chi connectivity index (χ0v) is 20.1. The number of hydrogen-bond acceptors (Lipinski definition) is 3. The van der Waals surface area contributed by atoms with E-state index in [9.17, 15) is 14.0 Å². The van der Waals surface area contributed by atoms with Crippen molar-refractivity contribution >= 4 is 39.5 Å². The topological polar surface area (TPSA) is 49.4 Å². The van der Waals surface area contributed by atoms with Crippen molar-refractivity contribution in [3.63, 3.8) is 0 Å². The average molecular weight is 507 g/mol. The Morgan fingerprint density at radius 3 is 2.65 bits per heavy atom. The van der Waals surface area contributed by atoms with Gasteiger partial charge in [0.2, 0.25) is 11.8 Å². The lowest BCUT2D eigenvalue weighted by atomic mass is 10.1. The average Bonchev–Trinajstić information content (AvgIpc) is 3.26. The van der Waals surface area contributed by atoms with E-state index in [1.165, 1.54) is 17.8 Å². The molecule has 0 bridgehead atoms. The highest BCUT2D eigenvalue weighted by Crippen LogP contribution is 2.21. The predicted molar refractivity (Wildman–Crippen MR) is 127 cm³/mol. The van der Waals surface area contributed by atoms with E-state index in [-0.39, 0.29) is 29.4 Å². The fourth-order valence-electron chi connectivity index (χ4n) is 3.75. The van der Waals surface area contributed by atoms with E-state index >= 15 is 0 Å². The van der Waals surface area contributed by atoms with Crippen LogP contribution < -0.4 is 5.32 Å². The molecule has 1 fully saturated rings. The van der Waals surface area contributed by atoms with Crippen molar-refractivity contribution in [2.45, 2.75) is 57.0 Å². The fraction of sp³-hybridized carbons (Fsp3) is 0.417. The van der Waals surface area contributed by atoms with Gasteiger partial charge in [-0.2, -0.15) is 0 Å². The summed E-state index contributed by atoms with van der Waals surface area (Å²) in [7, 11) is 0. The Morgan fingerprint density at radius 1 is 1.19 bits per heavy atom. The van der Waals surface area contributed by atoms with Crippen molar-refractivity contribution in [1.29, 1.82) is 0 Å². The van der Waals surface area contributed by atoms with E-state index in [2.05, 4.69) is 21.2 Å². The van der Waals surface area contributed by atoms with E-state index in [1.54, 1.807) is 30.0 Å². The maximum absolute atomic E-state index is 13.9. The number of hydrogen-bond donors (Lipinski definition) is 1. The molecule has 2 aromatic carbocycles. The number of nitrogens with one attached hydrogen (secondary N) is 1. The Hall–Kier alpha value is -1.86. The fourth-order valence-corrected chi connectivity index (χ4v) is 5.10. The molecule has 0 saturated heterocycles. The van der Waals surface area contributed by atoms with E-state index in [1.807, 2.05) is 24.3 Å². The molecule has 0 aliphatic heterocycles. The molecule has 1 unspecified atom stereocenters. The summed E-state index contributed by atoms with van der Waals surface area (Å²) < 4.78 is 14.8. The number of thioether (sulfide) groups is 1. The number of benzene rings is 2. The lowest BCUT2D eigenvalue weighted by molar-refractivity contribution is -0.138. The van der Waals surface area contributed by atoms with Crippen LogP contribution in [0.15, 0.2) is 53.0 Å². The van der Waals surface area contributed by atoms with Gasteiger partial charge in [-0.1, -0.05) is 59.1 Å². The van der Waals surface area contributed by atoms with Crippen molar-refractivity contribution in [1.82, 2.24) is 10.2 Å². The normalized spacial score (nSPS) is 14.9. The van der Waals surface area contributed by atoms with Crippen LogP contribution in [0.4, 0.5) is 4.39 Å². The van der Waals surface area contributed by atoms with Crippen LogP contribution in [0.25, 0.3) is 0 Å². The predicted octanol–water partition coefficient (Wildman–Crippen LogP) is 5.30. The van der Waals surface area contributed by atoms with Gasteiger partial charge in [-0.15, -0.1) is 11.8 Å². The standard InChI is InChI=1S/C24H28BrFN2O2S/c1-17(24(30)27-21-10-3-4-11-21)28(14-18-7-6-9-20(25)13-18)23(29)16-31-15-19-8-2-5-12-22(19)26/h2,5-9,12-13,17,21H,3-4,10-11,14-16H2,1H3,(H,27,30). The van der Waals surface area contributed by atoms with Crippen LogP contribution in [0.3, 0.4) is 0 Å². The zero-order chi connectivity index (χ0) is 22.2.